The van der Waals surface area contributed by atoms with Gasteiger partial charge in [0.2, 0.25) is 0 Å². The average Bonchev–Trinajstić information content (AvgIpc) is 2.37. The Morgan fingerprint density at radius 3 is 2.55 bits per heavy atom. The topological polar surface area (TPSA) is 28.2 Å². The van der Waals surface area contributed by atoms with Crippen LogP contribution in [0.1, 0.15) is 45.4 Å². The number of hydrogen-bond donors (Lipinski definition) is 1. The van der Waals surface area contributed by atoms with Crippen LogP contribution in [0.3, 0.4) is 0 Å². The van der Waals surface area contributed by atoms with E-state index < -0.39 is 0 Å². The minimum absolute atomic E-state index is 0.139. The van der Waals surface area contributed by atoms with E-state index in [1.165, 1.54) is 11.1 Å². The summed E-state index contributed by atoms with van der Waals surface area (Å²) in [6.07, 6.45) is 3.45. The largest absolute Gasteiger partial charge is 0.353 e. The second-order valence-electron chi connectivity index (χ2n) is 6.76. The summed E-state index contributed by atoms with van der Waals surface area (Å²) in [6.45, 7) is 13.8. The molecule has 2 heterocycles. The van der Waals surface area contributed by atoms with Crippen LogP contribution in [0.15, 0.2) is 23.8 Å². The molecule has 2 rings (SSSR count). The Morgan fingerprint density at radius 1 is 1.25 bits per heavy atom. The highest BCUT2D eigenvalue weighted by molar-refractivity contribution is 5.43. The average molecular weight is 273 g/mol. The molecule has 0 radical (unpaired) electrons. The van der Waals surface area contributed by atoms with Gasteiger partial charge in [0.15, 0.2) is 0 Å². The smallest absolute Gasteiger partial charge is 0.129 e. The minimum Gasteiger partial charge on any atom is -0.353 e. The first-order valence-electron chi connectivity index (χ1n) is 7.47. The number of aromatic nitrogens is 1. The quantitative estimate of drug-likeness (QED) is 0.855. The molecule has 20 heavy (non-hydrogen) atoms. The van der Waals surface area contributed by atoms with Gasteiger partial charge in [0, 0.05) is 30.9 Å². The highest BCUT2D eigenvalue weighted by Gasteiger charge is 2.13. The fourth-order valence-corrected chi connectivity index (χ4v) is 2.28. The standard InChI is InChI=1S/C17H27N3/c1-13-8-10-20(11-9-13)16-7-6-15(14(2)19-16)12-18-17(3,4)5/h6-8,18H,9-12H2,1-5H3. The fourth-order valence-electron chi connectivity index (χ4n) is 2.28. The first-order valence-corrected chi connectivity index (χ1v) is 7.47. The van der Waals surface area contributed by atoms with Crippen molar-refractivity contribution in [2.24, 2.45) is 0 Å². The van der Waals surface area contributed by atoms with Crippen LogP contribution in [-0.2, 0) is 6.54 Å². The number of anilines is 1. The molecule has 0 spiro atoms. The van der Waals surface area contributed by atoms with Gasteiger partial charge in [0.1, 0.15) is 5.82 Å². The maximum absolute atomic E-state index is 4.78. The van der Waals surface area contributed by atoms with Gasteiger partial charge in [-0.2, -0.15) is 0 Å². The van der Waals surface area contributed by atoms with E-state index in [9.17, 15) is 0 Å². The van der Waals surface area contributed by atoms with Crippen LogP contribution in [0.4, 0.5) is 5.82 Å². The van der Waals surface area contributed by atoms with Crippen LogP contribution < -0.4 is 10.2 Å². The van der Waals surface area contributed by atoms with Crippen molar-refractivity contribution in [2.75, 3.05) is 18.0 Å². The predicted molar refractivity (Wildman–Crippen MR) is 86.2 cm³/mol. The van der Waals surface area contributed by atoms with E-state index in [-0.39, 0.29) is 5.54 Å². The van der Waals surface area contributed by atoms with Gasteiger partial charge in [0.25, 0.3) is 0 Å². The highest BCUT2D eigenvalue weighted by Crippen LogP contribution is 2.19. The molecule has 0 amide bonds. The van der Waals surface area contributed by atoms with Crippen molar-refractivity contribution < 1.29 is 0 Å². The summed E-state index contributed by atoms with van der Waals surface area (Å²) in [6, 6.07) is 4.36. The molecule has 1 N–H and O–H groups in total. The summed E-state index contributed by atoms with van der Waals surface area (Å²) in [5, 5.41) is 3.52. The molecule has 1 aromatic rings. The molecule has 0 aliphatic carbocycles. The Labute approximate surface area is 123 Å². The van der Waals surface area contributed by atoms with Gasteiger partial charge < -0.3 is 10.2 Å². The van der Waals surface area contributed by atoms with Crippen molar-refractivity contribution in [3.05, 3.63) is 35.0 Å². The van der Waals surface area contributed by atoms with E-state index in [2.05, 4.69) is 63.0 Å². The molecule has 0 atom stereocenters. The third kappa shape index (κ3) is 4.07. The van der Waals surface area contributed by atoms with Gasteiger partial charge in [-0.25, -0.2) is 4.98 Å². The molecular weight excluding hydrogens is 246 g/mol. The molecule has 0 aromatic carbocycles. The van der Waals surface area contributed by atoms with E-state index in [0.717, 1.165) is 37.6 Å². The molecule has 0 unspecified atom stereocenters. The normalized spacial score (nSPS) is 16.2. The van der Waals surface area contributed by atoms with Crippen molar-refractivity contribution >= 4 is 5.82 Å². The summed E-state index contributed by atoms with van der Waals surface area (Å²) in [7, 11) is 0. The summed E-state index contributed by atoms with van der Waals surface area (Å²) < 4.78 is 0. The summed E-state index contributed by atoms with van der Waals surface area (Å²) in [5.41, 5.74) is 4.04. The molecular formula is C17H27N3. The zero-order valence-electron chi connectivity index (χ0n) is 13.5. The molecule has 3 heteroatoms. The Kier molecular flexibility index (Phi) is 4.48. The predicted octanol–water partition coefficient (Wildman–Crippen LogP) is 3.43. The lowest BCUT2D eigenvalue weighted by Crippen LogP contribution is -2.35. The van der Waals surface area contributed by atoms with Gasteiger partial charge in [0.05, 0.1) is 0 Å². The number of nitrogens with zero attached hydrogens (tertiary/aromatic N) is 2. The second-order valence-corrected chi connectivity index (χ2v) is 6.76. The molecule has 0 saturated heterocycles. The van der Waals surface area contributed by atoms with Crippen LogP contribution in [0.5, 0.6) is 0 Å². The first kappa shape index (κ1) is 15.0. The third-order valence-electron chi connectivity index (χ3n) is 3.75. The lowest BCUT2D eigenvalue weighted by molar-refractivity contribution is 0.423. The Morgan fingerprint density at radius 2 is 2.00 bits per heavy atom. The lowest BCUT2D eigenvalue weighted by Gasteiger charge is -2.27. The first-order chi connectivity index (χ1) is 9.35. The maximum Gasteiger partial charge on any atom is 0.129 e. The van der Waals surface area contributed by atoms with Crippen LogP contribution in [0.2, 0.25) is 0 Å². The van der Waals surface area contributed by atoms with Crippen molar-refractivity contribution in [3.8, 4) is 0 Å². The Bertz CT molecular complexity index is 497. The third-order valence-corrected chi connectivity index (χ3v) is 3.75. The maximum atomic E-state index is 4.78. The number of rotatable bonds is 3. The number of aryl methyl sites for hydroxylation is 1. The van der Waals surface area contributed by atoms with E-state index in [0.29, 0.717) is 0 Å². The van der Waals surface area contributed by atoms with Crippen LogP contribution >= 0.6 is 0 Å². The Balaban J connectivity index is 2.06. The monoisotopic (exact) mass is 273 g/mol. The molecule has 1 aliphatic rings. The summed E-state index contributed by atoms with van der Waals surface area (Å²) in [4.78, 5) is 7.13. The van der Waals surface area contributed by atoms with E-state index >= 15 is 0 Å². The second kappa shape index (κ2) is 5.96. The number of nitrogens with one attached hydrogen (secondary N) is 1. The van der Waals surface area contributed by atoms with Gasteiger partial charge in [-0.3, -0.25) is 0 Å². The SMILES string of the molecule is CC1=CCN(c2ccc(CNC(C)(C)C)c(C)n2)CC1. The zero-order valence-corrected chi connectivity index (χ0v) is 13.5. The van der Waals surface area contributed by atoms with Gasteiger partial charge in [-0.05, 0) is 52.7 Å². The molecule has 1 aliphatic heterocycles. The molecule has 0 saturated carbocycles. The number of hydrogen-bond acceptors (Lipinski definition) is 3. The minimum atomic E-state index is 0.139. The van der Waals surface area contributed by atoms with Gasteiger partial charge in [-0.1, -0.05) is 17.7 Å². The van der Waals surface area contributed by atoms with Crippen LogP contribution in [0, 0.1) is 6.92 Å². The lowest BCUT2D eigenvalue weighted by atomic mass is 10.1. The number of pyridine rings is 1. The fraction of sp³-hybridized carbons (Fsp3) is 0.588. The van der Waals surface area contributed by atoms with Crippen molar-refractivity contribution in [1.29, 1.82) is 0 Å². The molecule has 0 fully saturated rings. The van der Waals surface area contributed by atoms with Crippen molar-refractivity contribution in [2.45, 2.75) is 53.1 Å². The zero-order chi connectivity index (χ0) is 14.8. The van der Waals surface area contributed by atoms with Crippen LogP contribution in [0.25, 0.3) is 0 Å². The van der Waals surface area contributed by atoms with Crippen molar-refractivity contribution in [1.82, 2.24) is 10.3 Å². The molecule has 3 nitrogen and oxygen atoms in total. The highest BCUT2D eigenvalue weighted by atomic mass is 15.2. The van der Waals surface area contributed by atoms with Gasteiger partial charge >= 0.3 is 0 Å². The van der Waals surface area contributed by atoms with Gasteiger partial charge in [-0.15, -0.1) is 0 Å². The van der Waals surface area contributed by atoms with E-state index in [1.54, 1.807) is 0 Å². The van der Waals surface area contributed by atoms with Crippen LogP contribution in [-0.4, -0.2) is 23.6 Å². The Hall–Kier alpha value is -1.35. The molecule has 1 aromatic heterocycles. The van der Waals surface area contributed by atoms with Crippen molar-refractivity contribution in [3.63, 3.8) is 0 Å². The summed E-state index contributed by atoms with van der Waals surface area (Å²) in [5.74, 6) is 1.10. The van der Waals surface area contributed by atoms with E-state index in [4.69, 9.17) is 4.98 Å². The van der Waals surface area contributed by atoms with E-state index in [1.807, 2.05) is 0 Å². The molecule has 0 bridgehead atoms. The molecule has 110 valence electrons. The summed E-state index contributed by atoms with van der Waals surface area (Å²) >= 11 is 0.